The molecule has 0 fully saturated rings. The van der Waals surface area contributed by atoms with Gasteiger partial charge in [0.1, 0.15) is 11.4 Å². The smallest absolute Gasteiger partial charge is 0.149 e. The summed E-state index contributed by atoms with van der Waals surface area (Å²) in [6, 6.07) is 13.4. The van der Waals surface area contributed by atoms with Crippen LogP contribution in [0.3, 0.4) is 0 Å². The number of aromatic nitrogens is 2. The van der Waals surface area contributed by atoms with Crippen LogP contribution >= 0.6 is 0 Å². The molecule has 0 aliphatic carbocycles. The molecule has 0 amide bonds. The molecule has 150 valence electrons. The first-order valence-electron chi connectivity index (χ1n) is 9.63. The minimum atomic E-state index is -1.50. The molecule has 2 aromatic carbocycles. The maximum atomic E-state index is 11.5. The summed E-state index contributed by atoms with van der Waals surface area (Å²) >= 11 is 0. The van der Waals surface area contributed by atoms with Crippen LogP contribution in [0.4, 0.5) is 0 Å². The number of methoxy groups -OCH3 is 1. The first kappa shape index (κ1) is 21.8. The fraction of sp³-hybridized carbons (Fsp3) is 0.391. The highest BCUT2D eigenvalue weighted by atomic mass is 16.5. The molecule has 1 heterocycles. The van der Waals surface area contributed by atoms with Gasteiger partial charge in [0.15, 0.2) is 0 Å². The molecular weight excluding hydrogens is 350 g/mol. The Kier molecular flexibility index (Phi) is 6.75. The third-order valence-electron chi connectivity index (χ3n) is 4.68. The number of nitrogens with two attached hydrogens (primary N) is 1. The van der Waals surface area contributed by atoms with E-state index in [0.29, 0.717) is 22.5 Å². The second kappa shape index (κ2) is 8.67. The van der Waals surface area contributed by atoms with Crippen molar-refractivity contribution in [3.05, 3.63) is 65.5 Å². The number of benzene rings is 2. The summed E-state index contributed by atoms with van der Waals surface area (Å²) in [4.78, 5) is 9.04. The Hall–Kier alpha value is -2.50. The van der Waals surface area contributed by atoms with E-state index in [1.165, 1.54) is 0 Å². The molecule has 3 aromatic rings. The lowest BCUT2D eigenvalue weighted by Crippen LogP contribution is -2.38. The molecule has 0 aliphatic heterocycles. The SMILES string of the molecule is CC.COc1ccc(C(C)(C)C)cc1C(O)(CN)c1cnc2ccccc2n1. The molecule has 0 spiro atoms. The first-order chi connectivity index (χ1) is 13.3. The van der Waals surface area contributed by atoms with Gasteiger partial charge in [0.05, 0.1) is 30.0 Å². The molecule has 3 rings (SSSR count). The normalized spacial score (nSPS) is 13.4. The number of hydrogen-bond donors (Lipinski definition) is 2. The van der Waals surface area contributed by atoms with E-state index in [2.05, 4.69) is 30.7 Å². The zero-order valence-corrected chi connectivity index (χ0v) is 17.7. The van der Waals surface area contributed by atoms with Crippen LogP contribution in [-0.2, 0) is 11.0 Å². The first-order valence-corrected chi connectivity index (χ1v) is 9.63. The van der Waals surface area contributed by atoms with Gasteiger partial charge in [-0.1, -0.05) is 52.8 Å². The summed E-state index contributed by atoms with van der Waals surface area (Å²) in [5.41, 5.74) is 8.01. The quantitative estimate of drug-likeness (QED) is 0.709. The molecule has 5 nitrogen and oxygen atoms in total. The average Bonchev–Trinajstić information content (AvgIpc) is 2.73. The van der Waals surface area contributed by atoms with Crippen molar-refractivity contribution in [2.75, 3.05) is 13.7 Å². The predicted molar refractivity (Wildman–Crippen MR) is 115 cm³/mol. The molecule has 28 heavy (non-hydrogen) atoms. The van der Waals surface area contributed by atoms with Crippen molar-refractivity contribution in [2.45, 2.75) is 45.6 Å². The van der Waals surface area contributed by atoms with E-state index in [9.17, 15) is 5.11 Å². The zero-order chi connectivity index (χ0) is 20.9. The average molecular weight is 382 g/mol. The second-order valence-electron chi connectivity index (χ2n) is 7.47. The molecule has 5 heteroatoms. The minimum Gasteiger partial charge on any atom is -0.496 e. The Morgan fingerprint density at radius 3 is 2.25 bits per heavy atom. The van der Waals surface area contributed by atoms with Gasteiger partial charge in [-0.25, -0.2) is 4.98 Å². The number of rotatable bonds is 4. The Balaban J connectivity index is 0.00000136. The Bertz CT molecular complexity index is 935. The molecule has 1 unspecified atom stereocenters. The summed E-state index contributed by atoms with van der Waals surface area (Å²) in [5.74, 6) is 0.570. The maximum absolute atomic E-state index is 11.5. The van der Waals surface area contributed by atoms with Crippen molar-refractivity contribution in [3.8, 4) is 5.75 Å². The summed E-state index contributed by atoms with van der Waals surface area (Å²) in [6.45, 7) is 10.3. The number of hydrogen-bond acceptors (Lipinski definition) is 5. The van der Waals surface area contributed by atoms with Gasteiger partial charge in [0, 0.05) is 12.1 Å². The van der Waals surface area contributed by atoms with Gasteiger partial charge in [-0.15, -0.1) is 0 Å². The van der Waals surface area contributed by atoms with Gasteiger partial charge in [-0.05, 0) is 35.2 Å². The van der Waals surface area contributed by atoms with E-state index in [4.69, 9.17) is 10.5 Å². The van der Waals surface area contributed by atoms with Crippen molar-refractivity contribution >= 4 is 11.0 Å². The van der Waals surface area contributed by atoms with Crippen LogP contribution in [0.1, 0.15) is 51.4 Å². The van der Waals surface area contributed by atoms with Gasteiger partial charge in [-0.2, -0.15) is 0 Å². The zero-order valence-electron chi connectivity index (χ0n) is 17.7. The van der Waals surface area contributed by atoms with E-state index >= 15 is 0 Å². The minimum absolute atomic E-state index is 0.0377. The maximum Gasteiger partial charge on any atom is 0.149 e. The number of aliphatic hydroxyl groups is 1. The van der Waals surface area contributed by atoms with E-state index in [0.717, 1.165) is 11.1 Å². The van der Waals surface area contributed by atoms with E-state index in [-0.39, 0.29) is 12.0 Å². The van der Waals surface area contributed by atoms with E-state index < -0.39 is 5.60 Å². The molecule has 0 radical (unpaired) electrons. The fourth-order valence-electron chi connectivity index (χ4n) is 3.01. The molecule has 1 aromatic heterocycles. The van der Waals surface area contributed by atoms with Gasteiger partial charge in [0.2, 0.25) is 0 Å². The van der Waals surface area contributed by atoms with Gasteiger partial charge < -0.3 is 15.6 Å². The monoisotopic (exact) mass is 381 g/mol. The largest absolute Gasteiger partial charge is 0.496 e. The highest BCUT2D eigenvalue weighted by Crippen LogP contribution is 2.37. The predicted octanol–water partition coefficient (Wildman–Crippen LogP) is 4.16. The van der Waals surface area contributed by atoms with Gasteiger partial charge in [0.25, 0.3) is 0 Å². The van der Waals surface area contributed by atoms with Crippen LogP contribution < -0.4 is 10.5 Å². The van der Waals surface area contributed by atoms with Crippen LogP contribution in [0.5, 0.6) is 5.75 Å². The van der Waals surface area contributed by atoms with Crippen molar-refractivity contribution in [1.82, 2.24) is 9.97 Å². The number of fused-ring (bicyclic) bond motifs is 1. The number of para-hydroxylation sites is 2. The van der Waals surface area contributed by atoms with Gasteiger partial charge >= 0.3 is 0 Å². The molecular formula is C23H31N3O2. The molecule has 3 N–H and O–H groups in total. The Morgan fingerprint density at radius 2 is 1.68 bits per heavy atom. The second-order valence-corrected chi connectivity index (χ2v) is 7.47. The van der Waals surface area contributed by atoms with E-state index in [1.807, 2.05) is 56.3 Å². The standard InChI is InChI=1S/C21H25N3O2.C2H6/c1-20(2,3)14-9-10-18(26-4)15(11-14)21(25,13-22)19-12-23-16-7-5-6-8-17(16)24-19;1-2/h5-12,25H,13,22H2,1-4H3;1-2H3. The van der Waals surface area contributed by atoms with Crippen LogP contribution in [0, 0.1) is 0 Å². The van der Waals surface area contributed by atoms with Crippen molar-refractivity contribution in [2.24, 2.45) is 5.73 Å². The lowest BCUT2D eigenvalue weighted by atomic mass is 9.82. The lowest BCUT2D eigenvalue weighted by molar-refractivity contribution is 0.0823. The Morgan fingerprint density at radius 1 is 1.04 bits per heavy atom. The third-order valence-corrected chi connectivity index (χ3v) is 4.68. The van der Waals surface area contributed by atoms with Gasteiger partial charge in [-0.3, -0.25) is 4.98 Å². The summed E-state index contributed by atoms with van der Waals surface area (Å²) < 4.78 is 5.51. The third kappa shape index (κ3) is 4.16. The number of ether oxygens (including phenoxy) is 1. The van der Waals surface area contributed by atoms with E-state index in [1.54, 1.807) is 13.3 Å². The van der Waals surface area contributed by atoms with Crippen LogP contribution in [0.2, 0.25) is 0 Å². The fourth-order valence-corrected chi connectivity index (χ4v) is 3.01. The topological polar surface area (TPSA) is 81.3 Å². The highest BCUT2D eigenvalue weighted by molar-refractivity contribution is 5.73. The van der Waals surface area contributed by atoms with Crippen LogP contribution in [0.25, 0.3) is 11.0 Å². The molecule has 0 aliphatic rings. The lowest BCUT2D eigenvalue weighted by Gasteiger charge is -2.30. The van der Waals surface area contributed by atoms with Crippen molar-refractivity contribution < 1.29 is 9.84 Å². The van der Waals surface area contributed by atoms with Crippen LogP contribution in [-0.4, -0.2) is 28.7 Å². The van der Waals surface area contributed by atoms with Crippen molar-refractivity contribution in [3.63, 3.8) is 0 Å². The van der Waals surface area contributed by atoms with Crippen LogP contribution in [0.15, 0.2) is 48.7 Å². The summed E-state index contributed by atoms with van der Waals surface area (Å²) in [7, 11) is 1.58. The molecule has 0 saturated carbocycles. The summed E-state index contributed by atoms with van der Waals surface area (Å²) in [5, 5.41) is 11.5. The van der Waals surface area contributed by atoms with Crippen molar-refractivity contribution in [1.29, 1.82) is 0 Å². The molecule has 0 saturated heterocycles. The molecule has 0 bridgehead atoms. The Labute approximate surface area is 167 Å². The molecule has 1 atom stereocenters. The summed E-state index contributed by atoms with van der Waals surface area (Å²) in [6.07, 6.45) is 1.58. The number of nitrogens with zero attached hydrogens (tertiary/aromatic N) is 2. The highest BCUT2D eigenvalue weighted by Gasteiger charge is 2.36.